The molecule has 2 N–H and O–H groups in total. The molecule has 5 heteroatoms. The first kappa shape index (κ1) is 20.2. The molecule has 0 aliphatic rings. The molecule has 5 nitrogen and oxygen atoms in total. The van der Waals surface area contributed by atoms with Gasteiger partial charge in [-0.3, -0.25) is 4.99 Å². The van der Waals surface area contributed by atoms with Gasteiger partial charge in [0.25, 0.3) is 0 Å². The molecule has 0 aromatic carbocycles. The van der Waals surface area contributed by atoms with Gasteiger partial charge in [0.05, 0.1) is 13.2 Å². The van der Waals surface area contributed by atoms with Crippen molar-refractivity contribution in [1.29, 1.82) is 0 Å². The predicted octanol–water partition coefficient (Wildman–Crippen LogP) is 2.42. The summed E-state index contributed by atoms with van der Waals surface area (Å²) in [6, 6.07) is 0.452. The fourth-order valence-corrected chi connectivity index (χ4v) is 1.96. The fourth-order valence-electron chi connectivity index (χ4n) is 1.96. The summed E-state index contributed by atoms with van der Waals surface area (Å²) in [7, 11) is 3.49. The number of rotatable bonds is 12. The SMILES string of the molecule is CN=C(NCCCOCCOC)NC(C)CCCC(C)C. The summed E-state index contributed by atoms with van der Waals surface area (Å²) in [6.07, 6.45) is 4.69. The van der Waals surface area contributed by atoms with Crippen molar-refractivity contribution in [2.75, 3.05) is 40.5 Å². The minimum Gasteiger partial charge on any atom is -0.382 e. The van der Waals surface area contributed by atoms with Crippen molar-refractivity contribution >= 4 is 5.96 Å². The highest BCUT2D eigenvalue weighted by Gasteiger charge is 2.05. The van der Waals surface area contributed by atoms with Gasteiger partial charge in [0, 0.05) is 33.4 Å². The summed E-state index contributed by atoms with van der Waals surface area (Å²) >= 11 is 0. The zero-order valence-corrected chi connectivity index (χ0v) is 14.6. The van der Waals surface area contributed by atoms with Crippen LogP contribution >= 0.6 is 0 Å². The summed E-state index contributed by atoms with van der Waals surface area (Å²) in [5, 5.41) is 6.75. The van der Waals surface area contributed by atoms with Gasteiger partial charge in [-0.05, 0) is 25.7 Å². The maximum atomic E-state index is 5.42. The van der Waals surface area contributed by atoms with E-state index in [-0.39, 0.29) is 0 Å². The molecular weight excluding hydrogens is 266 g/mol. The van der Waals surface area contributed by atoms with E-state index in [0.29, 0.717) is 19.3 Å². The number of hydrogen-bond acceptors (Lipinski definition) is 3. The lowest BCUT2D eigenvalue weighted by atomic mass is 10.0. The van der Waals surface area contributed by atoms with Crippen molar-refractivity contribution in [3.8, 4) is 0 Å². The third kappa shape index (κ3) is 13.9. The van der Waals surface area contributed by atoms with E-state index in [0.717, 1.165) is 31.4 Å². The Hall–Kier alpha value is -0.810. The molecular formula is C16H35N3O2. The van der Waals surface area contributed by atoms with E-state index in [4.69, 9.17) is 9.47 Å². The average Bonchev–Trinajstić information content (AvgIpc) is 2.44. The quantitative estimate of drug-likeness (QED) is 0.330. The second-order valence-electron chi connectivity index (χ2n) is 5.83. The molecule has 0 aromatic rings. The smallest absolute Gasteiger partial charge is 0.191 e. The highest BCUT2D eigenvalue weighted by Crippen LogP contribution is 2.07. The normalized spacial score (nSPS) is 13.5. The predicted molar refractivity (Wildman–Crippen MR) is 90.0 cm³/mol. The van der Waals surface area contributed by atoms with Crippen LogP contribution in [0, 0.1) is 5.92 Å². The van der Waals surface area contributed by atoms with Gasteiger partial charge >= 0.3 is 0 Å². The van der Waals surface area contributed by atoms with Crippen molar-refractivity contribution in [2.24, 2.45) is 10.9 Å². The van der Waals surface area contributed by atoms with Gasteiger partial charge in [-0.1, -0.05) is 26.7 Å². The van der Waals surface area contributed by atoms with Crippen LogP contribution in [0.1, 0.15) is 46.5 Å². The third-order valence-corrected chi connectivity index (χ3v) is 3.22. The van der Waals surface area contributed by atoms with E-state index >= 15 is 0 Å². The fraction of sp³-hybridized carbons (Fsp3) is 0.938. The maximum absolute atomic E-state index is 5.42. The summed E-state index contributed by atoms with van der Waals surface area (Å²) < 4.78 is 10.3. The number of ether oxygens (including phenoxy) is 2. The largest absolute Gasteiger partial charge is 0.382 e. The Morgan fingerprint density at radius 3 is 2.43 bits per heavy atom. The lowest BCUT2D eigenvalue weighted by Crippen LogP contribution is -2.42. The molecule has 0 rings (SSSR count). The van der Waals surface area contributed by atoms with Crippen molar-refractivity contribution in [2.45, 2.75) is 52.5 Å². The lowest BCUT2D eigenvalue weighted by Gasteiger charge is -2.18. The highest BCUT2D eigenvalue weighted by molar-refractivity contribution is 5.79. The molecule has 126 valence electrons. The van der Waals surface area contributed by atoms with E-state index in [9.17, 15) is 0 Å². The van der Waals surface area contributed by atoms with Gasteiger partial charge in [0.15, 0.2) is 5.96 Å². The Morgan fingerprint density at radius 2 is 1.81 bits per heavy atom. The summed E-state index contributed by atoms with van der Waals surface area (Å²) in [4.78, 5) is 4.25. The average molecular weight is 301 g/mol. The molecule has 1 unspecified atom stereocenters. The van der Waals surface area contributed by atoms with Crippen LogP contribution in [0.4, 0.5) is 0 Å². The van der Waals surface area contributed by atoms with Gasteiger partial charge in [-0.2, -0.15) is 0 Å². The molecule has 0 saturated heterocycles. The molecule has 0 heterocycles. The van der Waals surface area contributed by atoms with Gasteiger partial charge in [0.2, 0.25) is 0 Å². The Morgan fingerprint density at radius 1 is 1.05 bits per heavy atom. The first-order valence-electron chi connectivity index (χ1n) is 8.14. The second kappa shape index (κ2) is 14.1. The van der Waals surface area contributed by atoms with Crippen LogP contribution in [0.5, 0.6) is 0 Å². The molecule has 0 aliphatic carbocycles. The second-order valence-corrected chi connectivity index (χ2v) is 5.83. The topological polar surface area (TPSA) is 54.9 Å². The summed E-state index contributed by atoms with van der Waals surface area (Å²) in [6.45, 7) is 9.69. The molecule has 0 spiro atoms. The Bertz CT molecular complexity index is 258. The molecule has 0 aliphatic heterocycles. The van der Waals surface area contributed by atoms with E-state index in [2.05, 4.69) is 36.4 Å². The molecule has 0 fully saturated rings. The Labute approximate surface area is 130 Å². The van der Waals surface area contributed by atoms with E-state index in [1.807, 2.05) is 7.05 Å². The van der Waals surface area contributed by atoms with Crippen LogP contribution in [-0.2, 0) is 9.47 Å². The molecule has 0 saturated carbocycles. The first-order chi connectivity index (χ1) is 10.1. The van der Waals surface area contributed by atoms with Crippen LogP contribution < -0.4 is 10.6 Å². The van der Waals surface area contributed by atoms with Crippen molar-refractivity contribution in [1.82, 2.24) is 10.6 Å². The summed E-state index contributed by atoms with van der Waals surface area (Å²) in [5.41, 5.74) is 0. The first-order valence-corrected chi connectivity index (χ1v) is 8.14. The zero-order chi connectivity index (χ0) is 15.9. The van der Waals surface area contributed by atoms with Crippen LogP contribution in [0.25, 0.3) is 0 Å². The van der Waals surface area contributed by atoms with Gasteiger partial charge in [0.1, 0.15) is 0 Å². The number of nitrogens with zero attached hydrogens (tertiary/aromatic N) is 1. The minimum absolute atomic E-state index is 0.452. The van der Waals surface area contributed by atoms with Crippen LogP contribution in [0.15, 0.2) is 4.99 Å². The standard InChI is InChI=1S/C16H35N3O2/c1-14(2)8-6-9-15(3)19-16(17-4)18-10-7-11-21-13-12-20-5/h14-15H,6-13H2,1-5H3,(H2,17,18,19). The number of guanidine groups is 1. The summed E-state index contributed by atoms with van der Waals surface area (Å²) in [5.74, 6) is 1.66. The van der Waals surface area contributed by atoms with E-state index in [1.54, 1.807) is 7.11 Å². The molecule has 0 aromatic heterocycles. The molecule has 0 bridgehead atoms. The molecule has 1 atom stereocenters. The Kier molecular flexibility index (Phi) is 13.6. The van der Waals surface area contributed by atoms with Crippen molar-refractivity contribution < 1.29 is 9.47 Å². The number of hydrogen-bond donors (Lipinski definition) is 2. The Balaban J connectivity index is 3.61. The van der Waals surface area contributed by atoms with E-state index in [1.165, 1.54) is 19.3 Å². The maximum Gasteiger partial charge on any atom is 0.191 e. The number of nitrogens with one attached hydrogen (secondary N) is 2. The van der Waals surface area contributed by atoms with Crippen molar-refractivity contribution in [3.05, 3.63) is 0 Å². The van der Waals surface area contributed by atoms with Crippen LogP contribution in [0.3, 0.4) is 0 Å². The van der Waals surface area contributed by atoms with Crippen molar-refractivity contribution in [3.63, 3.8) is 0 Å². The minimum atomic E-state index is 0.452. The monoisotopic (exact) mass is 301 g/mol. The molecule has 0 amide bonds. The highest BCUT2D eigenvalue weighted by atomic mass is 16.5. The van der Waals surface area contributed by atoms with E-state index < -0.39 is 0 Å². The molecule has 21 heavy (non-hydrogen) atoms. The molecule has 0 radical (unpaired) electrons. The van der Waals surface area contributed by atoms with Gasteiger partial charge < -0.3 is 20.1 Å². The van der Waals surface area contributed by atoms with Gasteiger partial charge in [-0.15, -0.1) is 0 Å². The van der Waals surface area contributed by atoms with Gasteiger partial charge in [-0.25, -0.2) is 0 Å². The van der Waals surface area contributed by atoms with Crippen LogP contribution in [0.2, 0.25) is 0 Å². The zero-order valence-electron chi connectivity index (χ0n) is 14.6. The number of methoxy groups -OCH3 is 1. The van der Waals surface area contributed by atoms with Crippen LogP contribution in [-0.4, -0.2) is 52.5 Å². The third-order valence-electron chi connectivity index (χ3n) is 3.22. The number of aliphatic imine (C=N–C) groups is 1. The lowest BCUT2D eigenvalue weighted by molar-refractivity contribution is 0.0698.